The predicted octanol–water partition coefficient (Wildman–Crippen LogP) is 3.44. The third-order valence-electron chi connectivity index (χ3n) is 1.97. The molecule has 0 amide bonds. The highest BCUT2D eigenvalue weighted by atomic mass is 32.2. The maximum absolute atomic E-state index is 4.41. The summed E-state index contributed by atoms with van der Waals surface area (Å²) in [7, 11) is 0. The number of rotatable bonds is 5. The molecule has 1 aromatic rings. The molecule has 0 saturated heterocycles. The molecule has 1 atom stereocenters. The molecule has 0 saturated carbocycles. The number of hydrogen-bond acceptors (Lipinski definition) is 3. The molecule has 1 unspecified atom stereocenters. The molecule has 78 valence electrons. The first-order valence-electron chi connectivity index (χ1n) is 4.89. The van der Waals surface area contributed by atoms with Crippen LogP contribution in [0.1, 0.15) is 24.8 Å². The van der Waals surface area contributed by atoms with Crippen LogP contribution in [0.3, 0.4) is 0 Å². The lowest BCUT2D eigenvalue weighted by Gasteiger charge is -2.19. The fourth-order valence-corrected chi connectivity index (χ4v) is 2.71. The second-order valence-corrected chi connectivity index (χ2v) is 5.21. The van der Waals surface area contributed by atoms with Gasteiger partial charge in [-0.2, -0.15) is 24.4 Å². The molecule has 1 heterocycles. The summed E-state index contributed by atoms with van der Waals surface area (Å²) >= 11 is 6.18. The van der Waals surface area contributed by atoms with Crippen molar-refractivity contribution in [3.8, 4) is 0 Å². The zero-order chi connectivity index (χ0) is 10.4. The van der Waals surface area contributed by atoms with Crippen molar-refractivity contribution in [1.82, 2.24) is 4.98 Å². The Bertz CT molecular complexity index is 249. The molecule has 0 N–H and O–H groups in total. The van der Waals surface area contributed by atoms with E-state index in [2.05, 4.69) is 43.6 Å². The first kappa shape index (κ1) is 11.9. The highest BCUT2D eigenvalue weighted by molar-refractivity contribution is 8.00. The van der Waals surface area contributed by atoms with Gasteiger partial charge in [-0.3, -0.25) is 4.98 Å². The van der Waals surface area contributed by atoms with Crippen molar-refractivity contribution in [1.29, 1.82) is 0 Å². The van der Waals surface area contributed by atoms with E-state index in [1.54, 1.807) is 0 Å². The van der Waals surface area contributed by atoms with Gasteiger partial charge in [0.25, 0.3) is 0 Å². The van der Waals surface area contributed by atoms with Crippen LogP contribution in [0.4, 0.5) is 0 Å². The predicted molar refractivity (Wildman–Crippen MR) is 68.1 cm³/mol. The molecule has 1 aromatic heterocycles. The Labute approximate surface area is 96.1 Å². The van der Waals surface area contributed by atoms with Gasteiger partial charge in [0, 0.05) is 17.2 Å². The van der Waals surface area contributed by atoms with Crippen molar-refractivity contribution >= 4 is 24.4 Å². The first-order chi connectivity index (χ1) is 6.75. The molecule has 1 nitrogen and oxygen atoms in total. The first-order valence-corrected chi connectivity index (χ1v) is 6.57. The summed E-state index contributed by atoms with van der Waals surface area (Å²) in [4.78, 5) is 4.41. The maximum Gasteiger partial charge on any atom is 0.0536 e. The van der Waals surface area contributed by atoms with E-state index >= 15 is 0 Å². The van der Waals surface area contributed by atoms with Gasteiger partial charge in [-0.1, -0.05) is 19.9 Å². The van der Waals surface area contributed by atoms with Crippen LogP contribution in [0, 0.1) is 5.92 Å². The van der Waals surface area contributed by atoms with Crippen molar-refractivity contribution in [3.05, 3.63) is 30.1 Å². The molecule has 0 spiro atoms. The van der Waals surface area contributed by atoms with Gasteiger partial charge in [0.15, 0.2) is 0 Å². The smallest absolute Gasteiger partial charge is 0.0536 e. The van der Waals surface area contributed by atoms with Crippen LogP contribution in [0.5, 0.6) is 0 Å². The standard InChI is InChI=1S/C11H17NS2/c1-9(2)11(14-8-7-13)10-5-3-4-6-12-10/h3-6,9,11,13H,7-8H2,1-2H3. The van der Waals surface area contributed by atoms with Crippen LogP contribution in [0.15, 0.2) is 24.4 Å². The van der Waals surface area contributed by atoms with E-state index in [9.17, 15) is 0 Å². The normalized spacial score (nSPS) is 13.1. The fraction of sp³-hybridized carbons (Fsp3) is 0.545. The molecule has 1 rings (SSSR count). The van der Waals surface area contributed by atoms with E-state index in [0.717, 1.165) is 11.5 Å². The Hall–Kier alpha value is -0.150. The zero-order valence-corrected chi connectivity index (χ0v) is 10.4. The Balaban J connectivity index is 2.68. The summed E-state index contributed by atoms with van der Waals surface area (Å²) in [6.07, 6.45) is 1.87. The number of aromatic nitrogens is 1. The van der Waals surface area contributed by atoms with Gasteiger partial charge in [0.2, 0.25) is 0 Å². The van der Waals surface area contributed by atoms with Gasteiger partial charge in [0.05, 0.1) is 5.69 Å². The van der Waals surface area contributed by atoms with Crippen molar-refractivity contribution in [2.24, 2.45) is 5.92 Å². The lowest BCUT2D eigenvalue weighted by Crippen LogP contribution is -2.05. The minimum atomic E-state index is 0.503. The molecule has 14 heavy (non-hydrogen) atoms. The van der Waals surface area contributed by atoms with Crippen LogP contribution < -0.4 is 0 Å². The van der Waals surface area contributed by atoms with Crippen LogP contribution in [-0.4, -0.2) is 16.5 Å². The Morgan fingerprint density at radius 3 is 2.71 bits per heavy atom. The van der Waals surface area contributed by atoms with Crippen LogP contribution >= 0.6 is 24.4 Å². The second-order valence-electron chi connectivity index (χ2n) is 3.51. The van der Waals surface area contributed by atoms with Gasteiger partial charge < -0.3 is 0 Å². The van der Waals surface area contributed by atoms with E-state index in [1.807, 2.05) is 24.0 Å². The largest absolute Gasteiger partial charge is 0.260 e. The minimum Gasteiger partial charge on any atom is -0.260 e. The van der Waals surface area contributed by atoms with Crippen LogP contribution in [-0.2, 0) is 0 Å². The zero-order valence-electron chi connectivity index (χ0n) is 8.68. The van der Waals surface area contributed by atoms with E-state index < -0.39 is 0 Å². The Morgan fingerprint density at radius 1 is 1.43 bits per heavy atom. The van der Waals surface area contributed by atoms with Crippen molar-refractivity contribution in [2.75, 3.05) is 11.5 Å². The third-order valence-corrected chi connectivity index (χ3v) is 4.08. The molecular weight excluding hydrogens is 210 g/mol. The number of nitrogens with zero attached hydrogens (tertiary/aromatic N) is 1. The van der Waals surface area contributed by atoms with E-state index in [0.29, 0.717) is 11.2 Å². The van der Waals surface area contributed by atoms with Crippen LogP contribution in [0.25, 0.3) is 0 Å². The summed E-state index contributed by atoms with van der Waals surface area (Å²) in [5.74, 6) is 2.64. The van der Waals surface area contributed by atoms with E-state index in [1.165, 1.54) is 5.69 Å². The molecule has 0 aliphatic carbocycles. The van der Waals surface area contributed by atoms with Gasteiger partial charge >= 0.3 is 0 Å². The summed E-state index contributed by atoms with van der Waals surface area (Å²) in [6.45, 7) is 4.48. The monoisotopic (exact) mass is 227 g/mol. The summed E-state index contributed by atoms with van der Waals surface area (Å²) < 4.78 is 0. The highest BCUT2D eigenvalue weighted by Gasteiger charge is 2.16. The molecule has 0 bridgehead atoms. The van der Waals surface area contributed by atoms with Crippen molar-refractivity contribution in [2.45, 2.75) is 19.1 Å². The van der Waals surface area contributed by atoms with Gasteiger partial charge in [-0.25, -0.2) is 0 Å². The second kappa shape index (κ2) is 6.36. The maximum atomic E-state index is 4.41. The summed E-state index contributed by atoms with van der Waals surface area (Å²) in [5.41, 5.74) is 1.19. The average molecular weight is 227 g/mol. The summed E-state index contributed by atoms with van der Waals surface area (Å²) in [5, 5.41) is 0.503. The molecule has 0 aliphatic heterocycles. The van der Waals surface area contributed by atoms with Crippen LogP contribution in [0.2, 0.25) is 0 Å². The van der Waals surface area contributed by atoms with E-state index in [4.69, 9.17) is 0 Å². The molecule has 3 heteroatoms. The molecule has 0 radical (unpaired) electrons. The van der Waals surface area contributed by atoms with Gasteiger partial charge in [-0.05, 0) is 23.8 Å². The number of pyridine rings is 1. The van der Waals surface area contributed by atoms with Gasteiger partial charge in [0.1, 0.15) is 0 Å². The highest BCUT2D eigenvalue weighted by Crippen LogP contribution is 2.34. The Morgan fingerprint density at radius 2 is 2.21 bits per heavy atom. The lowest BCUT2D eigenvalue weighted by molar-refractivity contribution is 0.620. The molecule has 0 fully saturated rings. The quantitative estimate of drug-likeness (QED) is 0.774. The molecule has 0 aliphatic rings. The summed E-state index contributed by atoms with van der Waals surface area (Å²) in [6, 6.07) is 6.12. The topological polar surface area (TPSA) is 12.9 Å². The number of thiol groups is 1. The average Bonchev–Trinajstić information content (AvgIpc) is 2.19. The van der Waals surface area contributed by atoms with Gasteiger partial charge in [-0.15, -0.1) is 0 Å². The Kier molecular flexibility index (Phi) is 5.41. The van der Waals surface area contributed by atoms with E-state index in [-0.39, 0.29) is 0 Å². The SMILES string of the molecule is CC(C)C(SCCS)c1ccccn1. The lowest BCUT2D eigenvalue weighted by atomic mass is 10.1. The minimum absolute atomic E-state index is 0.503. The fourth-order valence-electron chi connectivity index (χ4n) is 1.34. The number of thioether (sulfide) groups is 1. The van der Waals surface area contributed by atoms with Crippen molar-refractivity contribution in [3.63, 3.8) is 0 Å². The number of hydrogen-bond donors (Lipinski definition) is 1. The third kappa shape index (κ3) is 3.54. The molecule has 0 aromatic carbocycles. The molecular formula is C11H17NS2. The van der Waals surface area contributed by atoms with Crippen molar-refractivity contribution < 1.29 is 0 Å².